The standard InChI is InChI=1S/C13H20FNO2/c1-9-10(6-4-5-7-15)8-11(14)13(17-3)12(9)16-2/h8H,4-7,15H2,1-3H3. The lowest BCUT2D eigenvalue weighted by Crippen LogP contribution is -2.03. The maximum Gasteiger partial charge on any atom is 0.197 e. The molecule has 0 spiro atoms. The Morgan fingerprint density at radius 1 is 1.18 bits per heavy atom. The zero-order chi connectivity index (χ0) is 12.8. The van der Waals surface area contributed by atoms with Gasteiger partial charge >= 0.3 is 0 Å². The van der Waals surface area contributed by atoms with Crippen molar-refractivity contribution in [2.45, 2.75) is 26.2 Å². The summed E-state index contributed by atoms with van der Waals surface area (Å²) in [6.45, 7) is 2.58. The highest BCUT2D eigenvalue weighted by atomic mass is 19.1. The van der Waals surface area contributed by atoms with Gasteiger partial charge in [-0.15, -0.1) is 0 Å². The molecular formula is C13H20FNO2. The van der Waals surface area contributed by atoms with E-state index in [0.717, 1.165) is 30.4 Å². The van der Waals surface area contributed by atoms with E-state index >= 15 is 0 Å². The Balaban J connectivity index is 3.03. The molecule has 2 N–H and O–H groups in total. The Labute approximate surface area is 102 Å². The molecule has 0 aliphatic carbocycles. The van der Waals surface area contributed by atoms with Gasteiger partial charge in [-0.25, -0.2) is 4.39 Å². The Kier molecular flexibility index (Phi) is 5.22. The molecule has 0 saturated heterocycles. The number of unbranched alkanes of at least 4 members (excludes halogenated alkanes) is 1. The summed E-state index contributed by atoms with van der Waals surface area (Å²) in [7, 11) is 2.96. The Morgan fingerprint density at radius 3 is 2.35 bits per heavy atom. The second-order valence-electron chi connectivity index (χ2n) is 3.95. The molecule has 0 aromatic heterocycles. The number of hydrogen-bond acceptors (Lipinski definition) is 3. The van der Waals surface area contributed by atoms with E-state index in [1.807, 2.05) is 6.92 Å². The molecule has 1 aromatic carbocycles. The van der Waals surface area contributed by atoms with E-state index in [9.17, 15) is 4.39 Å². The summed E-state index contributed by atoms with van der Waals surface area (Å²) in [5.74, 6) is 0.278. The summed E-state index contributed by atoms with van der Waals surface area (Å²) in [5.41, 5.74) is 7.33. The van der Waals surface area contributed by atoms with Crippen LogP contribution in [0.1, 0.15) is 24.0 Å². The van der Waals surface area contributed by atoms with Crippen LogP contribution in [0.4, 0.5) is 4.39 Å². The molecule has 0 fully saturated rings. The molecule has 0 aliphatic heterocycles. The van der Waals surface area contributed by atoms with Crippen molar-refractivity contribution in [2.24, 2.45) is 5.73 Å². The summed E-state index contributed by atoms with van der Waals surface area (Å²) in [6.07, 6.45) is 2.70. The van der Waals surface area contributed by atoms with Crippen molar-refractivity contribution < 1.29 is 13.9 Å². The molecule has 3 nitrogen and oxygen atoms in total. The SMILES string of the molecule is COc1c(F)cc(CCCCN)c(C)c1OC. The average molecular weight is 241 g/mol. The molecule has 0 saturated carbocycles. The highest BCUT2D eigenvalue weighted by molar-refractivity contribution is 5.51. The minimum atomic E-state index is -0.377. The maximum atomic E-state index is 13.8. The van der Waals surface area contributed by atoms with Gasteiger partial charge in [0.05, 0.1) is 14.2 Å². The number of aryl methyl sites for hydroxylation is 1. The molecule has 96 valence electrons. The first-order chi connectivity index (χ1) is 8.15. The van der Waals surface area contributed by atoms with E-state index in [4.69, 9.17) is 15.2 Å². The monoisotopic (exact) mass is 241 g/mol. The van der Waals surface area contributed by atoms with Gasteiger partial charge in [-0.1, -0.05) is 0 Å². The summed E-state index contributed by atoms with van der Waals surface area (Å²) in [4.78, 5) is 0. The molecule has 1 rings (SSSR count). The number of ether oxygens (including phenoxy) is 2. The van der Waals surface area contributed by atoms with E-state index in [-0.39, 0.29) is 11.6 Å². The quantitative estimate of drug-likeness (QED) is 0.778. The molecule has 4 heteroatoms. The smallest absolute Gasteiger partial charge is 0.197 e. The van der Waals surface area contributed by atoms with E-state index in [2.05, 4.69) is 0 Å². The first kappa shape index (κ1) is 13.8. The normalized spacial score (nSPS) is 10.4. The first-order valence-corrected chi connectivity index (χ1v) is 5.75. The number of nitrogens with two attached hydrogens (primary N) is 1. The van der Waals surface area contributed by atoms with Crippen molar-refractivity contribution >= 4 is 0 Å². The number of benzene rings is 1. The molecule has 0 atom stereocenters. The van der Waals surface area contributed by atoms with Gasteiger partial charge < -0.3 is 15.2 Å². The molecule has 1 aromatic rings. The Bertz CT molecular complexity index is 380. The predicted molar refractivity (Wildman–Crippen MR) is 66.2 cm³/mol. The largest absolute Gasteiger partial charge is 0.492 e. The Morgan fingerprint density at radius 2 is 1.82 bits per heavy atom. The van der Waals surface area contributed by atoms with Crippen LogP contribution in [0, 0.1) is 12.7 Å². The fraction of sp³-hybridized carbons (Fsp3) is 0.538. The highest BCUT2D eigenvalue weighted by Crippen LogP contribution is 2.36. The highest BCUT2D eigenvalue weighted by Gasteiger charge is 2.16. The minimum Gasteiger partial charge on any atom is -0.492 e. The molecular weight excluding hydrogens is 221 g/mol. The van der Waals surface area contributed by atoms with Gasteiger partial charge in [-0.3, -0.25) is 0 Å². The summed E-state index contributed by atoms with van der Waals surface area (Å²) < 4.78 is 24.0. The van der Waals surface area contributed by atoms with Crippen molar-refractivity contribution in [1.29, 1.82) is 0 Å². The molecule has 0 aliphatic rings. The van der Waals surface area contributed by atoms with Gasteiger partial charge in [0.25, 0.3) is 0 Å². The van der Waals surface area contributed by atoms with E-state index in [1.165, 1.54) is 20.3 Å². The van der Waals surface area contributed by atoms with Crippen LogP contribution in [0.25, 0.3) is 0 Å². The van der Waals surface area contributed by atoms with Crippen LogP contribution < -0.4 is 15.2 Å². The fourth-order valence-corrected chi connectivity index (χ4v) is 1.91. The second-order valence-corrected chi connectivity index (χ2v) is 3.95. The number of halogens is 1. The zero-order valence-electron chi connectivity index (χ0n) is 10.7. The fourth-order valence-electron chi connectivity index (χ4n) is 1.91. The van der Waals surface area contributed by atoms with Gasteiger partial charge in [-0.05, 0) is 49.9 Å². The summed E-state index contributed by atoms with van der Waals surface area (Å²) >= 11 is 0. The van der Waals surface area contributed by atoms with Crippen molar-refractivity contribution in [1.82, 2.24) is 0 Å². The van der Waals surface area contributed by atoms with Crippen molar-refractivity contribution in [3.05, 3.63) is 23.0 Å². The van der Waals surface area contributed by atoms with Crippen LogP contribution in [-0.2, 0) is 6.42 Å². The third-order valence-electron chi connectivity index (χ3n) is 2.85. The second kappa shape index (κ2) is 6.45. The molecule has 0 amide bonds. The van der Waals surface area contributed by atoms with Crippen molar-refractivity contribution in [2.75, 3.05) is 20.8 Å². The van der Waals surface area contributed by atoms with E-state index in [1.54, 1.807) is 0 Å². The maximum absolute atomic E-state index is 13.8. The van der Waals surface area contributed by atoms with Gasteiger partial charge in [0.2, 0.25) is 0 Å². The Hall–Kier alpha value is -1.29. The van der Waals surface area contributed by atoms with E-state index < -0.39 is 0 Å². The van der Waals surface area contributed by atoms with Crippen LogP contribution in [0.2, 0.25) is 0 Å². The van der Waals surface area contributed by atoms with E-state index in [0.29, 0.717) is 12.3 Å². The lowest BCUT2D eigenvalue weighted by molar-refractivity contribution is 0.335. The van der Waals surface area contributed by atoms with Crippen LogP contribution in [0.5, 0.6) is 11.5 Å². The zero-order valence-corrected chi connectivity index (χ0v) is 10.7. The van der Waals surface area contributed by atoms with Crippen LogP contribution in [0.15, 0.2) is 6.07 Å². The number of rotatable bonds is 6. The minimum absolute atomic E-state index is 0.174. The summed E-state index contributed by atoms with van der Waals surface area (Å²) in [5, 5.41) is 0. The van der Waals surface area contributed by atoms with Gasteiger partial charge in [-0.2, -0.15) is 0 Å². The van der Waals surface area contributed by atoms with Gasteiger partial charge in [0.15, 0.2) is 17.3 Å². The summed E-state index contributed by atoms with van der Waals surface area (Å²) in [6, 6.07) is 1.52. The first-order valence-electron chi connectivity index (χ1n) is 5.75. The average Bonchev–Trinajstić information content (AvgIpc) is 2.32. The third kappa shape index (κ3) is 3.09. The lowest BCUT2D eigenvalue weighted by Gasteiger charge is -2.15. The number of methoxy groups -OCH3 is 2. The third-order valence-corrected chi connectivity index (χ3v) is 2.85. The molecule has 0 unspecified atom stereocenters. The number of hydrogen-bond donors (Lipinski definition) is 1. The van der Waals surface area contributed by atoms with Gasteiger partial charge in [0.1, 0.15) is 0 Å². The molecule has 17 heavy (non-hydrogen) atoms. The molecule has 0 heterocycles. The topological polar surface area (TPSA) is 44.5 Å². The molecule has 0 bridgehead atoms. The van der Waals surface area contributed by atoms with Crippen molar-refractivity contribution in [3.63, 3.8) is 0 Å². The van der Waals surface area contributed by atoms with Crippen molar-refractivity contribution in [3.8, 4) is 11.5 Å². The van der Waals surface area contributed by atoms with Crippen LogP contribution >= 0.6 is 0 Å². The predicted octanol–water partition coefficient (Wildman–Crippen LogP) is 2.43. The van der Waals surface area contributed by atoms with Crippen LogP contribution in [0.3, 0.4) is 0 Å². The lowest BCUT2D eigenvalue weighted by atomic mass is 10.0. The van der Waals surface area contributed by atoms with Crippen LogP contribution in [-0.4, -0.2) is 20.8 Å². The molecule has 0 radical (unpaired) electrons. The van der Waals surface area contributed by atoms with Gasteiger partial charge in [0, 0.05) is 0 Å².